The summed E-state index contributed by atoms with van der Waals surface area (Å²) in [6.07, 6.45) is 3.06. The minimum absolute atomic E-state index is 0.0927. The van der Waals surface area contributed by atoms with Gasteiger partial charge in [-0.2, -0.15) is 0 Å². The summed E-state index contributed by atoms with van der Waals surface area (Å²) in [7, 11) is 0. The van der Waals surface area contributed by atoms with Gasteiger partial charge >= 0.3 is 0 Å². The van der Waals surface area contributed by atoms with Crippen molar-refractivity contribution in [3.8, 4) is 0 Å². The van der Waals surface area contributed by atoms with Gasteiger partial charge in [-0.1, -0.05) is 6.92 Å². The van der Waals surface area contributed by atoms with Gasteiger partial charge in [0.1, 0.15) is 0 Å². The molecule has 6 nitrogen and oxygen atoms in total. The van der Waals surface area contributed by atoms with Crippen LogP contribution in [0.3, 0.4) is 0 Å². The van der Waals surface area contributed by atoms with Crippen LogP contribution in [0.5, 0.6) is 0 Å². The predicted molar refractivity (Wildman–Crippen MR) is 76.3 cm³/mol. The fourth-order valence-corrected chi connectivity index (χ4v) is 3.29. The summed E-state index contributed by atoms with van der Waals surface area (Å²) in [4.78, 5) is 41.6. The third-order valence-electron chi connectivity index (χ3n) is 4.74. The lowest BCUT2D eigenvalue weighted by atomic mass is 10.1. The van der Waals surface area contributed by atoms with Crippen LogP contribution in [0.1, 0.15) is 32.6 Å². The zero-order valence-corrected chi connectivity index (χ0v) is 12.6. The standard InChI is InChI=1S/C15H23N3O3/c1-2-13(19)16-5-7-17(8-6-16)15(21)11-9-14(20)18(10-11)12-3-4-12/h11-12H,2-10H2,1H3. The molecule has 0 N–H and O–H groups in total. The van der Waals surface area contributed by atoms with Crippen LogP contribution in [0.25, 0.3) is 0 Å². The smallest absolute Gasteiger partial charge is 0.228 e. The Bertz CT molecular complexity index is 453. The van der Waals surface area contributed by atoms with Gasteiger partial charge in [0.2, 0.25) is 17.7 Å². The van der Waals surface area contributed by atoms with E-state index < -0.39 is 0 Å². The molecule has 2 heterocycles. The second-order valence-corrected chi connectivity index (χ2v) is 6.24. The van der Waals surface area contributed by atoms with Crippen molar-refractivity contribution in [1.82, 2.24) is 14.7 Å². The highest BCUT2D eigenvalue weighted by atomic mass is 16.2. The third-order valence-corrected chi connectivity index (χ3v) is 4.74. The minimum Gasteiger partial charge on any atom is -0.339 e. The highest BCUT2D eigenvalue weighted by Crippen LogP contribution is 2.33. The predicted octanol–water partition coefficient (Wildman–Crippen LogP) is 0.0781. The van der Waals surface area contributed by atoms with Crippen LogP contribution < -0.4 is 0 Å². The fraction of sp³-hybridized carbons (Fsp3) is 0.800. The van der Waals surface area contributed by atoms with Gasteiger partial charge in [0, 0.05) is 51.6 Å². The number of carbonyl (C=O) groups excluding carboxylic acids is 3. The largest absolute Gasteiger partial charge is 0.339 e. The van der Waals surface area contributed by atoms with Crippen molar-refractivity contribution in [2.75, 3.05) is 32.7 Å². The third kappa shape index (κ3) is 2.89. The van der Waals surface area contributed by atoms with E-state index >= 15 is 0 Å². The van der Waals surface area contributed by atoms with Gasteiger partial charge in [0.15, 0.2) is 0 Å². The maximum atomic E-state index is 12.5. The molecule has 1 aliphatic carbocycles. The molecule has 3 fully saturated rings. The van der Waals surface area contributed by atoms with E-state index in [0.717, 1.165) is 12.8 Å². The summed E-state index contributed by atoms with van der Waals surface area (Å²) in [6.45, 7) is 4.88. The van der Waals surface area contributed by atoms with Crippen molar-refractivity contribution in [2.45, 2.75) is 38.6 Å². The molecule has 0 bridgehead atoms. The maximum absolute atomic E-state index is 12.5. The molecule has 1 atom stereocenters. The average Bonchev–Trinajstić information content (AvgIpc) is 3.28. The van der Waals surface area contributed by atoms with Crippen molar-refractivity contribution >= 4 is 17.7 Å². The first kappa shape index (κ1) is 14.4. The Balaban J connectivity index is 1.52. The number of piperazine rings is 1. The van der Waals surface area contributed by atoms with Gasteiger partial charge in [-0.25, -0.2) is 0 Å². The van der Waals surface area contributed by atoms with Gasteiger partial charge in [-0.15, -0.1) is 0 Å². The van der Waals surface area contributed by atoms with Crippen LogP contribution in [0, 0.1) is 5.92 Å². The molecule has 0 radical (unpaired) electrons. The van der Waals surface area contributed by atoms with Gasteiger partial charge in [-0.05, 0) is 12.8 Å². The van der Waals surface area contributed by atoms with Crippen molar-refractivity contribution in [3.05, 3.63) is 0 Å². The second kappa shape index (κ2) is 5.66. The van der Waals surface area contributed by atoms with E-state index in [1.165, 1.54) is 0 Å². The Kier molecular flexibility index (Phi) is 3.87. The van der Waals surface area contributed by atoms with Crippen LogP contribution in [-0.2, 0) is 14.4 Å². The molecular formula is C15H23N3O3. The van der Waals surface area contributed by atoms with Gasteiger partial charge in [-0.3, -0.25) is 14.4 Å². The van der Waals surface area contributed by atoms with Crippen molar-refractivity contribution < 1.29 is 14.4 Å². The molecule has 116 valence electrons. The molecule has 0 aromatic heterocycles. The topological polar surface area (TPSA) is 60.9 Å². The van der Waals surface area contributed by atoms with E-state index in [9.17, 15) is 14.4 Å². The molecule has 3 amide bonds. The number of hydrogen-bond donors (Lipinski definition) is 0. The fourth-order valence-electron chi connectivity index (χ4n) is 3.29. The second-order valence-electron chi connectivity index (χ2n) is 6.24. The van der Waals surface area contributed by atoms with Crippen LogP contribution in [-0.4, -0.2) is 71.2 Å². The van der Waals surface area contributed by atoms with Crippen molar-refractivity contribution in [1.29, 1.82) is 0 Å². The molecule has 1 saturated carbocycles. The summed E-state index contributed by atoms with van der Waals surface area (Å²) in [5.41, 5.74) is 0. The van der Waals surface area contributed by atoms with Crippen LogP contribution >= 0.6 is 0 Å². The molecule has 0 aromatic rings. The molecule has 0 spiro atoms. The van der Waals surface area contributed by atoms with E-state index in [0.29, 0.717) is 51.6 Å². The Morgan fingerprint density at radius 3 is 2.29 bits per heavy atom. The van der Waals surface area contributed by atoms with E-state index in [4.69, 9.17) is 0 Å². The number of carbonyl (C=O) groups is 3. The Hall–Kier alpha value is -1.59. The quantitative estimate of drug-likeness (QED) is 0.740. The molecule has 6 heteroatoms. The van der Waals surface area contributed by atoms with Crippen LogP contribution in [0.4, 0.5) is 0 Å². The summed E-state index contributed by atoms with van der Waals surface area (Å²) in [5.74, 6) is 0.204. The molecular weight excluding hydrogens is 270 g/mol. The van der Waals surface area contributed by atoms with E-state index in [2.05, 4.69) is 0 Å². The summed E-state index contributed by atoms with van der Waals surface area (Å²) < 4.78 is 0. The molecule has 21 heavy (non-hydrogen) atoms. The minimum atomic E-state index is -0.175. The highest BCUT2D eigenvalue weighted by molar-refractivity contribution is 5.89. The van der Waals surface area contributed by atoms with Gasteiger partial charge < -0.3 is 14.7 Å². The normalized spacial score (nSPS) is 26.4. The average molecular weight is 293 g/mol. The maximum Gasteiger partial charge on any atom is 0.228 e. The van der Waals surface area contributed by atoms with E-state index in [-0.39, 0.29) is 23.6 Å². The van der Waals surface area contributed by atoms with Gasteiger partial charge in [0.25, 0.3) is 0 Å². The van der Waals surface area contributed by atoms with Gasteiger partial charge in [0.05, 0.1) is 5.92 Å². The monoisotopic (exact) mass is 293 g/mol. The molecule has 3 rings (SSSR count). The number of hydrogen-bond acceptors (Lipinski definition) is 3. The van der Waals surface area contributed by atoms with Crippen molar-refractivity contribution in [2.24, 2.45) is 5.92 Å². The SMILES string of the molecule is CCC(=O)N1CCN(C(=O)C2CC(=O)N(C3CC3)C2)CC1. The molecule has 0 aromatic carbocycles. The van der Waals surface area contributed by atoms with E-state index in [1.807, 2.05) is 21.6 Å². The van der Waals surface area contributed by atoms with Crippen LogP contribution in [0.2, 0.25) is 0 Å². The summed E-state index contributed by atoms with van der Waals surface area (Å²) in [6, 6.07) is 0.398. The molecule has 1 unspecified atom stereocenters. The lowest BCUT2D eigenvalue weighted by Gasteiger charge is -2.35. The summed E-state index contributed by atoms with van der Waals surface area (Å²) >= 11 is 0. The number of amides is 3. The first-order chi connectivity index (χ1) is 10.1. The first-order valence-corrected chi connectivity index (χ1v) is 7.96. The lowest BCUT2D eigenvalue weighted by Crippen LogP contribution is -2.52. The first-order valence-electron chi connectivity index (χ1n) is 7.96. The number of likely N-dealkylation sites (tertiary alicyclic amines) is 1. The van der Waals surface area contributed by atoms with E-state index in [1.54, 1.807) is 0 Å². The number of rotatable bonds is 3. The Labute approximate surface area is 125 Å². The highest BCUT2D eigenvalue weighted by Gasteiger charge is 2.43. The van der Waals surface area contributed by atoms with Crippen LogP contribution in [0.15, 0.2) is 0 Å². The zero-order chi connectivity index (χ0) is 15.0. The molecule has 3 aliphatic rings. The number of nitrogens with zero attached hydrogens (tertiary/aromatic N) is 3. The zero-order valence-electron chi connectivity index (χ0n) is 12.6. The Morgan fingerprint density at radius 1 is 1.10 bits per heavy atom. The molecule has 2 aliphatic heterocycles. The summed E-state index contributed by atoms with van der Waals surface area (Å²) in [5, 5.41) is 0. The molecule has 2 saturated heterocycles. The Morgan fingerprint density at radius 2 is 1.71 bits per heavy atom. The van der Waals surface area contributed by atoms with Crippen molar-refractivity contribution in [3.63, 3.8) is 0 Å². The lowest BCUT2D eigenvalue weighted by molar-refractivity contribution is -0.141.